The van der Waals surface area contributed by atoms with Crippen LogP contribution in [0.3, 0.4) is 0 Å². The van der Waals surface area contributed by atoms with Gasteiger partial charge in [0.15, 0.2) is 6.23 Å². The third-order valence-corrected chi connectivity index (χ3v) is 5.64. The number of carbonyl (C=O) groups is 1. The Kier molecular flexibility index (Phi) is 4.70. The highest BCUT2D eigenvalue weighted by Gasteiger charge is 2.48. The first-order chi connectivity index (χ1) is 11.6. The summed E-state index contributed by atoms with van der Waals surface area (Å²) in [5.41, 5.74) is 6.51. The number of hydrazine groups is 1. The molecule has 136 valence electrons. The van der Waals surface area contributed by atoms with Gasteiger partial charge in [-0.2, -0.15) is 0 Å². The van der Waals surface area contributed by atoms with Gasteiger partial charge in [-0.25, -0.2) is 19.6 Å². The molecule has 4 fully saturated rings. The summed E-state index contributed by atoms with van der Waals surface area (Å²) in [4.78, 5) is 14.5. The summed E-state index contributed by atoms with van der Waals surface area (Å²) in [6.07, 6.45) is -1.63. The zero-order valence-corrected chi connectivity index (χ0v) is 13.5. The molecule has 1 saturated carbocycles. The highest BCUT2D eigenvalue weighted by molar-refractivity contribution is 5.74. The van der Waals surface area contributed by atoms with Crippen molar-refractivity contribution in [1.82, 2.24) is 26.4 Å². The molecule has 0 spiro atoms. The predicted molar refractivity (Wildman–Crippen MR) is 82.0 cm³/mol. The number of nitrogens with zero attached hydrogens (tertiary/aromatic N) is 1. The minimum atomic E-state index is -1.57. The molecule has 9 heteroatoms. The molecule has 7 nitrogen and oxygen atoms in total. The van der Waals surface area contributed by atoms with Gasteiger partial charge < -0.3 is 10.1 Å². The van der Waals surface area contributed by atoms with Gasteiger partial charge in [-0.3, -0.25) is 15.0 Å². The molecule has 3 heterocycles. The van der Waals surface area contributed by atoms with Crippen LogP contribution in [-0.2, 0) is 9.53 Å². The van der Waals surface area contributed by atoms with Crippen molar-refractivity contribution in [3.8, 4) is 0 Å². The first-order valence-electron chi connectivity index (χ1n) is 8.82. The Bertz CT molecular complexity index is 471. The average Bonchev–Trinajstić information content (AvgIpc) is 3.11. The van der Waals surface area contributed by atoms with Crippen molar-refractivity contribution in [3.63, 3.8) is 0 Å². The lowest BCUT2D eigenvalue weighted by Gasteiger charge is -2.45. The van der Waals surface area contributed by atoms with E-state index in [9.17, 15) is 13.6 Å². The lowest BCUT2D eigenvalue weighted by Crippen LogP contribution is -2.67. The smallest absolute Gasteiger partial charge is 0.312 e. The van der Waals surface area contributed by atoms with E-state index < -0.39 is 30.5 Å². The van der Waals surface area contributed by atoms with Crippen LogP contribution in [0.15, 0.2) is 0 Å². The Balaban J connectivity index is 1.33. The summed E-state index contributed by atoms with van der Waals surface area (Å²) in [6.45, 7) is 2.87. The van der Waals surface area contributed by atoms with Gasteiger partial charge in [-0.05, 0) is 25.7 Å². The first-order valence-corrected chi connectivity index (χ1v) is 8.82. The molecule has 0 aromatic rings. The zero-order valence-electron chi connectivity index (χ0n) is 13.5. The van der Waals surface area contributed by atoms with E-state index in [0.29, 0.717) is 0 Å². The molecule has 4 rings (SSSR count). The standard InChI is InChI=1S/C15H25F2N5O2/c16-9-5-8-12(6-10(9)17)19-14(24-15(8)23)11-1-2-13(21-20-11)22-4-3-18-7-22/h8-14,18-21H,1-7H2. The van der Waals surface area contributed by atoms with E-state index in [1.165, 1.54) is 0 Å². The molecular formula is C15H25F2N5O2. The Morgan fingerprint density at radius 1 is 1.08 bits per heavy atom. The van der Waals surface area contributed by atoms with Gasteiger partial charge in [0, 0.05) is 25.8 Å². The van der Waals surface area contributed by atoms with Gasteiger partial charge in [-0.1, -0.05) is 0 Å². The Morgan fingerprint density at radius 2 is 1.92 bits per heavy atom. The normalized spacial score (nSPS) is 47.2. The van der Waals surface area contributed by atoms with Gasteiger partial charge >= 0.3 is 5.97 Å². The van der Waals surface area contributed by atoms with Crippen molar-refractivity contribution in [1.29, 1.82) is 0 Å². The molecule has 7 atom stereocenters. The molecule has 3 aliphatic heterocycles. The summed E-state index contributed by atoms with van der Waals surface area (Å²) in [5.74, 6) is -0.991. The summed E-state index contributed by atoms with van der Waals surface area (Å²) >= 11 is 0. The van der Waals surface area contributed by atoms with E-state index >= 15 is 0 Å². The van der Waals surface area contributed by atoms with Crippen LogP contribution in [0.25, 0.3) is 0 Å². The van der Waals surface area contributed by atoms with E-state index in [-0.39, 0.29) is 31.1 Å². The van der Waals surface area contributed by atoms with Gasteiger partial charge in [0.05, 0.1) is 18.1 Å². The SMILES string of the molecule is O=C1OC(C2CCC(N3CCNC3)NN2)NC2CC(F)C(F)CC12. The van der Waals surface area contributed by atoms with Crippen molar-refractivity contribution in [2.45, 2.75) is 62.5 Å². The highest BCUT2D eigenvalue weighted by Crippen LogP contribution is 2.33. The number of alkyl halides is 2. The van der Waals surface area contributed by atoms with Crippen LogP contribution >= 0.6 is 0 Å². The molecule has 0 radical (unpaired) electrons. The number of rotatable bonds is 2. The van der Waals surface area contributed by atoms with Crippen molar-refractivity contribution in [2.24, 2.45) is 5.92 Å². The van der Waals surface area contributed by atoms with Crippen molar-refractivity contribution < 1.29 is 18.3 Å². The quantitative estimate of drug-likeness (QED) is 0.496. The maximum Gasteiger partial charge on any atom is 0.312 e. The second-order valence-corrected chi connectivity index (χ2v) is 7.20. The molecule has 4 aliphatic rings. The minimum absolute atomic E-state index is 0.0274. The summed E-state index contributed by atoms with van der Waals surface area (Å²) < 4.78 is 32.7. The van der Waals surface area contributed by atoms with Gasteiger partial charge in [0.1, 0.15) is 12.3 Å². The molecule has 0 amide bonds. The van der Waals surface area contributed by atoms with Crippen molar-refractivity contribution in [3.05, 3.63) is 0 Å². The zero-order chi connectivity index (χ0) is 16.7. The van der Waals surface area contributed by atoms with E-state index in [4.69, 9.17) is 4.74 Å². The second-order valence-electron chi connectivity index (χ2n) is 7.20. The van der Waals surface area contributed by atoms with Crippen LogP contribution in [0, 0.1) is 5.92 Å². The minimum Gasteiger partial charge on any atom is -0.445 e. The van der Waals surface area contributed by atoms with Gasteiger partial charge in [0.25, 0.3) is 0 Å². The summed E-state index contributed by atoms with van der Waals surface area (Å²) in [7, 11) is 0. The predicted octanol–water partition coefficient (Wildman–Crippen LogP) is -0.641. The first kappa shape index (κ1) is 16.6. The third-order valence-electron chi connectivity index (χ3n) is 5.64. The van der Waals surface area contributed by atoms with Crippen LogP contribution < -0.4 is 21.5 Å². The maximum atomic E-state index is 13.7. The van der Waals surface area contributed by atoms with Crippen LogP contribution in [0.4, 0.5) is 8.78 Å². The van der Waals surface area contributed by atoms with E-state index in [2.05, 4.69) is 26.4 Å². The van der Waals surface area contributed by atoms with Gasteiger partial charge in [0.2, 0.25) is 0 Å². The molecule has 0 aromatic heterocycles. The van der Waals surface area contributed by atoms with Crippen LogP contribution in [-0.4, -0.2) is 67.4 Å². The Hall–Kier alpha value is -0.870. The summed E-state index contributed by atoms with van der Waals surface area (Å²) in [5, 5.41) is 6.51. The fraction of sp³-hybridized carbons (Fsp3) is 0.933. The van der Waals surface area contributed by atoms with Crippen LogP contribution in [0.2, 0.25) is 0 Å². The number of esters is 1. The monoisotopic (exact) mass is 345 g/mol. The number of fused-ring (bicyclic) bond motifs is 1. The van der Waals surface area contributed by atoms with Crippen LogP contribution in [0.5, 0.6) is 0 Å². The average molecular weight is 345 g/mol. The fourth-order valence-corrected chi connectivity index (χ4v) is 4.19. The topological polar surface area (TPSA) is 77.7 Å². The lowest BCUT2D eigenvalue weighted by atomic mass is 9.81. The molecule has 4 N–H and O–H groups in total. The molecule has 1 aliphatic carbocycles. The molecule has 0 aromatic carbocycles. The largest absolute Gasteiger partial charge is 0.445 e. The number of hydrogen-bond acceptors (Lipinski definition) is 7. The number of hydrogen-bond donors (Lipinski definition) is 4. The molecule has 24 heavy (non-hydrogen) atoms. The summed E-state index contributed by atoms with van der Waals surface area (Å²) in [6, 6.07) is -0.427. The number of carbonyl (C=O) groups excluding carboxylic acids is 1. The molecule has 7 unspecified atom stereocenters. The maximum absolute atomic E-state index is 13.7. The Labute approximate surface area is 139 Å². The second kappa shape index (κ2) is 6.80. The third kappa shape index (κ3) is 3.15. The number of ether oxygens (including phenoxy) is 1. The van der Waals surface area contributed by atoms with E-state index in [1.807, 2.05) is 0 Å². The number of nitrogens with one attached hydrogen (secondary N) is 4. The molecule has 3 saturated heterocycles. The Morgan fingerprint density at radius 3 is 2.62 bits per heavy atom. The lowest BCUT2D eigenvalue weighted by molar-refractivity contribution is -0.174. The van der Waals surface area contributed by atoms with Crippen LogP contribution in [0.1, 0.15) is 25.7 Å². The van der Waals surface area contributed by atoms with E-state index in [1.54, 1.807) is 0 Å². The number of halogens is 2. The fourth-order valence-electron chi connectivity index (χ4n) is 4.19. The molecular weight excluding hydrogens is 320 g/mol. The van der Waals surface area contributed by atoms with Gasteiger partial charge in [-0.15, -0.1) is 0 Å². The van der Waals surface area contributed by atoms with Crippen molar-refractivity contribution >= 4 is 5.97 Å². The van der Waals surface area contributed by atoms with E-state index in [0.717, 1.165) is 32.6 Å². The highest BCUT2D eigenvalue weighted by atomic mass is 19.2. The van der Waals surface area contributed by atoms with Crippen molar-refractivity contribution in [2.75, 3.05) is 19.8 Å². The number of cyclic esters (lactones) is 1. The molecule has 0 bridgehead atoms.